The molecule has 3 rings (SSSR count). The summed E-state index contributed by atoms with van der Waals surface area (Å²) >= 11 is 0. The SMILES string of the molecule is O=c1ccc2cc3ccccc3nc2o1. The van der Waals surface area contributed by atoms with E-state index in [4.69, 9.17) is 4.42 Å². The van der Waals surface area contributed by atoms with E-state index in [0.29, 0.717) is 5.71 Å². The predicted molar refractivity (Wildman–Crippen MR) is 57.8 cm³/mol. The summed E-state index contributed by atoms with van der Waals surface area (Å²) in [5, 5.41) is 1.88. The van der Waals surface area contributed by atoms with Crippen LogP contribution in [-0.4, -0.2) is 4.98 Å². The van der Waals surface area contributed by atoms with Crippen LogP contribution in [0.1, 0.15) is 0 Å². The highest BCUT2D eigenvalue weighted by molar-refractivity contribution is 5.89. The van der Waals surface area contributed by atoms with Crippen LogP contribution in [0.4, 0.5) is 0 Å². The van der Waals surface area contributed by atoms with Gasteiger partial charge in [0.1, 0.15) is 0 Å². The molecule has 0 fully saturated rings. The molecule has 3 nitrogen and oxygen atoms in total. The fourth-order valence-corrected chi connectivity index (χ4v) is 1.60. The summed E-state index contributed by atoms with van der Waals surface area (Å²) in [5.41, 5.74) is 0.853. The van der Waals surface area contributed by atoms with E-state index < -0.39 is 0 Å². The van der Waals surface area contributed by atoms with Crippen molar-refractivity contribution < 1.29 is 4.42 Å². The fraction of sp³-hybridized carbons (Fsp3) is 0. The van der Waals surface area contributed by atoms with Gasteiger partial charge in [-0.2, -0.15) is 0 Å². The van der Waals surface area contributed by atoms with Crippen LogP contribution >= 0.6 is 0 Å². The number of rotatable bonds is 0. The lowest BCUT2D eigenvalue weighted by Crippen LogP contribution is -1.95. The normalized spacial score (nSPS) is 10.9. The molecule has 0 aliphatic carbocycles. The highest BCUT2D eigenvalue weighted by Crippen LogP contribution is 2.17. The second kappa shape index (κ2) is 2.92. The van der Waals surface area contributed by atoms with Crippen molar-refractivity contribution in [3.63, 3.8) is 0 Å². The van der Waals surface area contributed by atoms with E-state index in [1.165, 1.54) is 6.07 Å². The summed E-state index contributed by atoms with van der Waals surface area (Å²) in [6.07, 6.45) is 0. The van der Waals surface area contributed by atoms with E-state index in [1.54, 1.807) is 6.07 Å². The average molecular weight is 197 g/mol. The largest absolute Gasteiger partial charge is 0.404 e. The standard InChI is InChI=1S/C12H7NO2/c14-11-6-5-9-7-8-3-1-2-4-10(8)13-12(9)15-11/h1-7H. The molecule has 0 spiro atoms. The number of hydrogen-bond donors (Lipinski definition) is 0. The highest BCUT2D eigenvalue weighted by Gasteiger charge is 2.00. The third kappa shape index (κ3) is 1.29. The van der Waals surface area contributed by atoms with Gasteiger partial charge in [-0.25, -0.2) is 9.78 Å². The molecular weight excluding hydrogens is 190 g/mol. The van der Waals surface area contributed by atoms with E-state index in [-0.39, 0.29) is 5.63 Å². The lowest BCUT2D eigenvalue weighted by Gasteiger charge is -1.98. The van der Waals surface area contributed by atoms with Crippen LogP contribution in [0.25, 0.3) is 22.0 Å². The zero-order valence-corrected chi connectivity index (χ0v) is 7.81. The van der Waals surface area contributed by atoms with Crippen molar-refractivity contribution in [1.82, 2.24) is 4.98 Å². The van der Waals surface area contributed by atoms with Gasteiger partial charge in [-0.1, -0.05) is 18.2 Å². The molecule has 0 bridgehead atoms. The molecule has 2 heterocycles. The van der Waals surface area contributed by atoms with Gasteiger partial charge in [0.2, 0.25) is 5.71 Å². The molecule has 2 aromatic heterocycles. The van der Waals surface area contributed by atoms with Gasteiger partial charge >= 0.3 is 5.63 Å². The fourth-order valence-electron chi connectivity index (χ4n) is 1.60. The molecule has 15 heavy (non-hydrogen) atoms. The maximum atomic E-state index is 11.0. The summed E-state index contributed by atoms with van der Waals surface area (Å²) in [6, 6.07) is 12.8. The van der Waals surface area contributed by atoms with Crippen LogP contribution in [0.15, 0.2) is 51.7 Å². The Labute approximate surface area is 85.0 Å². The number of hydrogen-bond acceptors (Lipinski definition) is 3. The minimum Gasteiger partial charge on any atom is -0.404 e. The van der Waals surface area contributed by atoms with Gasteiger partial charge in [-0.3, -0.25) is 0 Å². The Morgan fingerprint density at radius 1 is 1.00 bits per heavy atom. The Morgan fingerprint density at radius 3 is 2.80 bits per heavy atom. The maximum absolute atomic E-state index is 11.0. The van der Waals surface area contributed by atoms with Gasteiger partial charge in [0.05, 0.1) is 5.52 Å². The van der Waals surface area contributed by atoms with Crippen LogP contribution in [0.3, 0.4) is 0 Å². The second-order valence-electron chi connectivity index (χ2n) is 3.33. The molecule has 0 saturated heterocycles. The van der Waals surface area contributed by atoms with Crippen molar-refractivity contribution in [2.75, 3.05) is 0 Å². The molecule has 0 N–H and O–H groups in total. The molecule has 0 amide bonds. The Hall–Kier alpha value is -2.16. The predicted octanol–water partition coefficient (Wildman–Crippen LogP) is 2.34. The maximum Gasteiger partial charge on any atom is 0.337 e. The van der Waals surface area contributed by atoms with Crippen LogP contribution in [-0.2, 0) is 0 Å². The monoisotopic (exact) mass is 197 g/mol. The third-order valence-corrected chi connectivity index (χ3v) is 2.31. The smallest absolute Gasteiger partial charge is 0.337 e. The molecule has 3 aromatic rings. The lowest BCUT2D eigenvalue weighted by molar-refractivity contribution is 0.551. The highest BCUT2D eigenvalue weighted by atomic mass is 16.4. The van der Waals surface area contributed by atoms with Gasteiger partial charge < -0.3 is 4.42 Å². The zero-order chi connectivity index (χ0) is 10.3. The topological polar surface area (TPSA) is 43.1 Å². The van der Waals surface area contributed by atoms with Crippen molar-refractivity contribution in [1.29, 1.82) is 0 Å². The molecule has 0 unspecified atom stereocenters. The summed E-state index contributed by atoms with van der Waals surface area (Å²) in [5.74, 6) is 0. The van der Waals surface area contributed by atoms with Crippen molar-refractivity contribution >= 4 is 22.0 Å². The van der Waals surface area contributed by atoms with E-state index in [9.17, 15) is 4.79 Å². The van der Waals surface area contributed by atoms with Crippen LogP contribution < -0.4 is 5.63 Å². The van der Waals surface area contributed by atoms with Crippen molar-refractivity contribution in [3.05, 3.63) is 52.9 Å². The first-order chi connectivity index (χ1) is 7.33. The first-order valence-electron chi connectivity index (χ1n) is 4.62. The second-order valence-corrected chi connectivity index (χ2v) is 3.33. The molecule has 3 heteroatoms. The van der Waals surface area contributed by atoms with Crippen molar-refractivity contribution in [2.45, 2.75) is 0 Å². The van der Waals surface area contributed by atoms with Gasteiger partial charge in [-0.15, -0.1) is 0 Å². The van der Waals surface area contributed by atoms with Crippen molar-refractivity contribution in [2.24, 2.45) is 0 Å². The Morgan fingerprint density at radius 2 is 1.87 bits per heavy atom. The quantitative estimate of drug-likeness (QED) is 0.519. The minimum atomic E-state index is -0.370. The molecule has 0 saturated carbocycles. The summed E-state index contributed by atoms with van der Waals surface area (Å²) in [4.78, 5) is 15.3. The first kappa shape index (κ1) is 8.17. The average Bonchev–Trinajstić information content (AvgIpc) is 2.26. The zero-order valence-electron chi connectivity index (χ0n) is 7.81. The van der Waals surface area contributed by atoms with Crippen LogP contribution in [0, 0.1) is 0 Å². The summed E-state index contributed by atoms with van der Waals surface area (Å²) in [6.45, 7) is 0. The lowest BCUT2D eigenvalue weighted by atomic mass is 10.2. The molecule has 0 aliphatic rings. The molecule has 72 valence electrons. The molecular formula is C12H7NO2. The number of aromatic nitrogens is 1. The molecule has 0 aliphatic heterocycles. The number of nitrogens with zero attached hydrogens (tertiary/aromatic N) is 1. The Balaban J connectivity index is 2.53. The number of benzene rings is 1. The van der Waals surface area contributed by atoms with Crippen LogP contribution in [0.2, 0.25) is 0 Å². The van der Waals surface area contributed by atoms with E-state index in [2.05, 4.69) is 4.98 Å². The minimum absolute atomic E-state index is 0.370. The van der Waals surface area contributed by atoms with Gasteiger partial charge in [-0.05, 0) is 18.2 Å². The molecule has 1 aromatic carbocycles. The summed E-state index contributed by atoms with van der Waals surface area (Å²) < 4.78 is 5.00. The number of fused-ring (bicyclic) bond motifs is 2. The van der Waals surface area contributed by atoms with E-state index in [0.717, 1.165) is 16.3 Å². The number of pyridine rings is 1. The van der Waals surface area contributed by atoms with E-state index in [1.807, 2.05) is 30.3 Å². The van der Waals surface area contributed by atoms with Gasteiger partial charge in [0.25, 0.3) is 0 Å². The van der Waals surface area contributed by atoms with E-state index >= 15 is 0 Å². The number of para-hydroxylation sites is 1. The van der Waals surface area contributed by atoms with Gasteiger partial charge in [0.15, 0.2) is 0 Å². The third-order valence-electron chi connectivity index (χ3n) is 2.31. The molecule has 0 radical (unpaired) electrons. The van der Waals surface area contributed by atoms with Crippen LogP contribution in [0.5, 0.6) is 0 Å². The summed E-state index contributed by atoms with van der Waals surface area (Å²) in [7, 11) is 0. The van der Waals surface area contributed by atoms with Crippen molar-refractivity contribution in [3.8, 4) is 0 Å². The van der Waals surface area contributed by atoms with Gasteiger partial charge in [0, 0.05) is 16.8 Å². The Bertz CT molecular complexity index is 700. The Kier molecular flexibility index (Phi) is 1.59. The molecule has 0 atom stereocenters. The first-order valence-corrected chi connectivity index (χ1v) is 4.62.